The van der Waals surface area contributed by atoms with Gasteiger partial charge in [0.1, 0.15) is 13.2 Å². The molecule has 3 unspecified atom stereocenters. The Bertz CT molecular complexity index is 1620. The minimum atomic E-state index is -4.59. The first-order valence-electron chi connectivity index (χ1n) is 33.6. The fourth-order valence-electron chi connectivity index (χ4n) is 9.65. The molecule has 80 heavy (non-hydrogen) atoms. The van der Waals surface area contributed by atoms with Crippen LogP contribution in [0.4, 0.5) is 0 Å². The zero-order valence-corrected chi connectivity index (χ0v) is 53.9. The molecule has 0 fully saturated rings. The Morgan fingerprint density at radius 2 is 0.762 bits per heavy atom. The number of hydrogen-bond donors (Lipinski definition) is 2. The number of amides is 1. The van der Waals surface area contributed by atoms with Crippen LogP contribution in [0.1, 0.15) is 296 Å². The van der Waals surface area contributed by atoms with E-state index in [-0.39, 0.29) is 19.1 Å². The Balaban J connectivity index is 4.16. The van der Waals surface area contributed by atoms with E-state index in [0.717, 1.165) is 103 Å². The zero-order chi connectivity index (χ0) is 58.4. The van der Waals surface area contributed by atoms with Gasteiger partial charge in [0.2, 0.25) is 5.91 Å². The SMILES string of the molecule is CC/C=C\C/C=C\C/C=C\C/C=C\C/C=C\C/C=C\C/C=C\C/C=C\CCCCCCC(=O)NC(COP(=O)([O-])OCC[N+](C)(C)C)C(O)CCCCCCCCCCCCCCCCCCCCCCCCCCCCCCC. The molecule has 9 heteroatoms. The van der Waals surface area contributed by atoms with E-state index in [1.165, 1.54) is 167 Å². The molecule has 3 atom stereocenters. The van der Waals surface area contributed by atoms with Gasteiger partial charge in [-0.1, -0.05) is 310 Å². The third kappa shape index (κ3) is 63.0. The molecule has 0 aliphatic carbocycles. The Labute approximate surface area is 496 Å². The number of nitrogens with zero attached hydrogens (tertiary/aromatic N) is 1. The van der Waals surface area contributed by atoms with Crippen molar-refractivity contribution in [1.82, 2.24) is 5.32 Å². The van der Waals surface area contributed by atoms with Crippen LogP contribution >= 0.6 is 7.82 Å². The lowest BCUT2D eigenvalue weighted by Crippen LogP contribution is -2.46. The van der Waals surface area contributed by atoms with Gasteiger partial charge in [-0.05, 0) is 77.0 Å². The monoisotopic (exact) mass is 1140 g/mol. The van der Waals surface area contributed by atoms with Crippen LogP contribution in [-0.2, 0) is 18.4 Å². The molecule has 0 aliphatic heterocycles. The number of aliphatic hydroxyl groups excluding tert-OH is 1. The van der Waals surface area contributed by atoms with Gasteiger partial charge in [0, 0.05) is 6.42 Å². The van der Waals surface area contributed by atoms with Gasteiger partial charge in [0.15, 0.2) is 0 Å². The highest BCUT2D eigenvalue weighted by molar-refractivity contribution is 7.45. The highest BCUT2D eigenvalue weighted by Gasteiger charge is 2.24. The van der Waals surface area contributed by atoms with Crippen LogP contribution in [0.3, 0.4) is 0 Å². The van der Waals surface area contributed by atoms with Crippen LogP contribution in [0.15, 0.2) is 97.2 Å². The molecule has 0 rings (SSSR count). The van der Waals surface area contributed by atoms with Crippen molar-refractivity contribution in [3.63, 3.8) is 0 Å². The Kier molecular flexibility index (Phi) is 59.0. The largest absolute Gasteiger partial charge is 0.756 e. The number of likely N-dealkylation sites (N-methyl/N-ethyl adjacent to an activating group) is 1. The maximum absolute atomic E-state index is 13.0. The smallest absolute Gasteiger partial charge is 0.268 e. The number of unbranched alkanes of at least 4 members (excludes halogenated alkanes) is 32. The molecule has 0 bridgehead atoms. The number of carbonyl (C=O) groups is 1. The van der Waals surface area contributed by atoms with Crippen molar-refractivity contribution in [3.8, 4) is 0 Å². The molecule has 0 aromatic carbocycles. The van der Waals surface area contributed by atoms with Gasteiger partial charge in [0.05, 0.1) is 39.9 Å². The Hall–Kier alpha value is -2.58. The van der Waals surface area contributed by atoms with Gasteiger partial charge in [-0.3, -0.25) is 9.36 Å². The molecule has 0 aromatic rings. The summed E-state index contributed by atoms with van der Waals surface area (Å²) in [4.78, 5) is 25.6. The third-order valence-electron chi connectivity index (χ3n) is 14.8. The molecule has 0 aromatic heterocycles. The second kappa shape index (κ2) is 61.0. The van der Waals surface area contributed by atoms with Crippen LogP contribution in [0.2, 0.25) is 0 Å². The van der Waals surface area contributed by atoms with Crippen LogP contribution < -0.4 is 10.2 Å². The quantitative estimate of drug-likeness (QED) is 0.0272. The summed E-state index contributed by atoms with van der Waals surface area (Å²) in [5, 5.41) is 14.1. The predicted molar refractivity (Wildman–Crippen MR) is 348 cm³/mol. The summed E-state index contributed by atoms with van der Waals surface area (Å²) in [6.07, 6.45) is 87.6. The summed E-state index contributed by atoms with van der Waals surface area (Å²) in [5.41, 5.74) is 0. The van der Waals surface area contributed by atoms with Crippen LogP contribution in [0.25, 0.3) is 0 Å². The summed E-state index contributed by atoms with van der Waals surface area (Å²) in [6, 6.07) is -0.824. The molecule has 0 radical (unpaired) electrons. The van der Waals surface area contributed by atoms with Crippen LogP contribution in [-0.4, -0.2) is 68.5 Å². The first-order chi connectivity index (χ1) is 39.0. The first-order valence-corrected chi connectivity index (χ1v) is 35.0. The molecule has 1 amide bonds. The van der Waals surface area contributed by atoms with E-state index in [9.17, 15) is 19.4 Å². The zero-order valence-electron chi connectivity index (χ0n) is 53.0. The van der Waals surface area contributed by atoms with Gasteiger partial charge < -0.3 is 28.8 Å². The number of quaternary nitrogens is 1. The van der Waals surface area contributed by atoms with Gasteiger partial charge >= 0.3 is 0 Å². The van der Waals surface area contributed by atoms with Crippen molar-refractivity contribution in [2.75, 3.05) is 40.9 Å². The summed E-state index contributed by atoms with van der Waals surface area (Å²) in [6.45, 7) is 4.61. The fourth-order valence-corrected chi connectivity index (χ4v) is 10.4. The number of carbonyl (C=O) groups excluding carboxylic acids is 1. The van der Waals surface area contributed by atoms with Crippen molar-refractivity contribution < 1.29 is 32.9 Å². The van der Waals surface area contributed by atoms with Crippen molar-refractivity contribution in [2.24, 2.45) is 0 Å². The summed E-state index contributed by atoms with van der Waals surface area (Å²) < 4.78 is 23.5. The minimum absolute atomic E-state index is 0.00206. The molecule has 0 saturated heterocycles. The number of rotatable bonds is 61. The summed E-state index contributed by atoms with van der Waals surface area (Å²) >= 11 is 0. The third-order valence-corrected chi connectivity index (χ3v) is 15.8. The molecule has 464 valence electrons. The van der Waals surface area contributed by atoms with Crippen molar-refractivity contribution in [2.45, 2.75) is 309 Å². The molecule has 0 heterocycles. The van der Waals surface area contributed by atoms with Crippen LogP contribution in [0, 0.1) is 0 Å². The number of nitrogens with one attached hydrogen (secondary N) is 1. The number of aliphatic hydroxyl groups is 1. The molecule has 0 spiro atoms. The highest BCUT2D eigenvalue weighted by Crippen LogP contribution is 2.38. The second-order valence-corrected chi connectivity index (χ2v) is 25.2. The molecule has 8 nitrogen and oxygen atoms in total. The second-order valence-electron chi connectivity index (χ2n) is 23.8. The van der Waals surface area contributed by atoms with Crippen LogP contribution in [0.5, 0.6) is 0 Å². The predicted octanol–water partition coefficient (Wildman–Crippen LogP) is 20.7. The molecular weight excluding hydrogens is 1010 g/mol. The standard InChI is InChI=1S/C71H129N2O6P/c1-6-8-10-12-14-16-18-20-22-24-26-28-30-32-34-36-38-40-42-44-46-48-50-52-54-56-58-60-62-64-70(74)69(68-79-80(76,77)78-67-66-73(3,4)5)72-71(75)65-63-61-59-57-55-53-51-49-47-45-43-41-39-37-35-33-31-29-27-25-23-21-19-17-15-13-11-9-7-2/h9,11,15,17,21,23,27,29,33,35,39,41,45,47,51,53,69-70,74H,6-8,10,12-14,16,18-20,22,24-26,28,30-32,34,36-38,40,42-44,46,48-50,52,54-68H2,1-5H3,(H-,72,75,76,77)/b11-9-,17-15-,23-21-,29-27-,35-33-,41-39-,47-45-,53-51-. The minimum Gasteiger partial charge on any atom is -0.756 e. The Morgan fingerprint density at radius 3 is 1.11 bits per heavy atom. The molecule has 0 saturated carbocycles. The number of allylic oxidation sites excluding steroid dienone is 16. The van der Waals surface area contributed by atoms with Gasteiger partial charge in [-0.25, -0.2) is 0 Å². The molecule has 2 N–H and O–H groups in total. The maximum atomic E-state index is 13.0. The summed E-state index contributed by atoms with van der Waals surface area (Å²) in [5.74, 6) is -0.189. The van der Waals surface area contributed by atoms with Gasteiger partial charge in [0.25, 0.3) is 7.82 Å². The first kappa shape index (κ1) is 77.4. The summed E-state index contributed by atoms with van der Waals surface area (Å²) in [7, 11) is 1.28. The van der Waals surface area contributed by atoms with E-state index in [2.05, 4.69) is 116 Å². The normalized spacial score (nSPS) is 14.3. The van der Waals surface area contributed by atoms with Crippen molar-refractivity contribution in [3.05, 3.63) is 97.2 Å². The van der Waals surface area contributed by atoms with E-state index >= 15 is 0 Å². The highest BCUT2D eigenvalue weighted by atomic mass is 31.2. The number of hydrogen-bond acceptors (Lipinski definition) is 6. The van der Waals surface area contributed by atoms with E-state index in [0.29, 0.717) is 23.9 Å². The molecular formula is C71H129N2O6P. The van der Waals surface area contributed by atoms with E-state index in [1.807, 2.05) is 21.1 Å². The van der Waals surface area contributed by atoms with Gasteiger partial charge in [-0.2, -0.15) is 0 Å². The lowest BCUT2D eigenvalue weighted by Gasteiger charge is -2.30. The average molecular weight is 1140 g/mol. The lowest BCUT2D eigenvalue weighted by atomic mass is 10.0. The number of phosphoric acid groups is 1. The van der Waals surface area contributed by atoms with E-state index in [4.69, 9.17) is 9.05 Å². The Morgan fingerprint density at radius 1 is 0.450 bits per heavy atom. The van der Waals surface area contributed by atoms with E-state index < -0.39 is 20.0 Å². The number of phosphoric ester groups is 1. The average Bonchev–Trinajstić information content (AvgIpc) is 3.42. The van der Waals surface area contributed by atoms with Crippen molar-refractivity contribution >= 4 is 13.7 Å². The van der Waals surface area contributed by atoms with Gasteiger partial charge in [-0.15, -0.1) is 0 Å². The maximum Gasteiger partial charge on any atom is 0.268 e. The molecule has 0 aliphatic rings. The van der Waals surface area contributed by atoms with Crippen molar-refractivity contribution in [1.29, 1.82) is 0 Å². The topological polar surface area (TPSA) is 108 Å². The lowest BCUT2D eigenvalue weighted by molar-refractivity contribution is -0.870. The fraction of sp³-hybridized carbons (Fsp3) is 0.761. The van der Waals surface area contributed by atoms with E-state index in [1.54, 1.807) is 0 Å².